The second-order valence-electron chi connectivity index (χ2n) is 6.65. The number of nitrogens with one attached hydrogen (secondary N) is 1. The highest BCUT2D eigenvalue weighted by atomic mass is 32.2. The summed E-state index contributed by atoms with van der Waals surface area (Å²) >= 11 is 0. The third kappa shape index (κ3) is 4.93. The molecule has 2 aliphatic rings. The molecular formula is C17H25N3O4S. The molecule has 3 rings (SSSR count). The highest BCUT2D eigenvalue weighted by Crippen LogP contribution is 2.20. The fraction of sp³-hybridized carbons (Fsp3) is 0.588. The van der Waals surface area contributed by atoms with Crippen LogP contribution in [0.4, 0.5) is 5.69 Å². The summed E-state index contributed by atoms with van der Waals surface area (Å²) in [6.07, 6.45) is 3.65. The highest BCUT2D eigenvalue weighted by Gasteiger charge is 2.26. The number of anilines is 1. The second kappa shape index (κ2) is 7.72. The average Bonchev–Trinajstić information content (AvgIpc) is 3.07. The lowest BCUT2D eigenvalue weighted by atomic mass is 10.1. The van der Waals surface area contributed by atoms with Gasteiger partial charge in [-0.15, -0.1) is 0 Å². The van der Waals surface area contributed by atoms with E-state index in [4.69, 9.17) is 4.74 Å². The lowest BCUT2D eigenvalue weighted by molar-refractivity contribution is 0.0433. The lowest BCUT2D eigenvalue weighted by Crippen LogP contribution is -2.50. The summed E-state index contributed by atoms with van der Waals surface area (Å²) in [5.41, 5.74) is 0.720. The molecule has 2 heterocycles. The van der Waals surface area contributed by atoms with Gasteiger partial charge in [-0.3, -0.25) is 14.4 Å². The fourth-order valence-electron chi connectivity index (χ4n) is 3.34. The van der Waals surface area contributed by atoms with Crippen LogP contribution in [0.3, 0.4) is 0 Å². The van der Waals surface area contributed by atoms with Crippen molar-refractivity contribution in [3.05, 3.63) is 29.8 Å². The fourth-order valence-corrected chi connectivity index (χ4v) is 3.92. The first-order valence-corrected chi connectivity index (χ1v) is 10.5. The Bertz CT molecular complexity index is 708. The van der Waals surface area contributed by atoms with E-state index in [1.54, 1.807) is 29.2 Å². The molecule has 1 aromatic carbocycles. The van der Waals surface area contributed by atoms with Crippen molar-refractivity contribution in [1.29, 1.82) is 0 Å². The third-order valence-electron chi connectivity index (χ3n) is 4.60. The van der Waals surface area contributed by atoms with Crippen LogP contribution in [0.2, 0.25) is 0 Å². The van der Waals surface area contributed by atoms with Crippen molar-refractivity contribution >= 4 is 21.6 Å². The van der Waals surface area contributed by atoms with E-state index in [0.717, 1.165) is 45.3 Å². The second-order valence-corrected chi connectivity index (χ2v) is 8.40. The minimum Gasteiger partial charge on any atom is -0.377 e. The number of para-hydroxylation sites is 1. The number of carbonyl (C=O) groups excluding carboxylic acids is 1. The quantitative estimate of drug-likeness (QED) is 0.840. The van der Waals surface area contributed by atoms with Gasteiger partial charge in [-0.25, -0.2) is 8.42 Å². The Kier molecular flexibility index (Phi) is 5.61. The van der Waals surface area contributed by atoms with Gasteiger partial charge in [-0.1, -0.05) is 12.1 Å². The van der Waals surface area contributed by atoms with Crippen LogP contribution < -0.4 is 4.72 Å². The molecule has 2 fully saturated rings. The number of carbonyl (C=O) groups is 1. The van der Waals surface area contributed by atoms with Crippen LogP contribution >= 0.6 is 0 Å². The van der Waals surface area contributed by atoms with Gasteiger partial charge in [0, 0.05) is 39.3 Å². The Morgan fingerprint density at radius 3 is 2.60 bits per heavy atom. The zero-order valence-corrected chi connectivity index (χ0v) is 15.3. The normalized spacial score (nSPS) is 22.1. The van der Waals surface area contributed by atoms with Crippen LogP contribution in [0.5, 0.6) is 0 Å². The van der Waals surface area contributed by atoms with Gasteiger partial charge in [0.15, 0.2) is 0 Å². The van der Waals surface area contributed by atoms with Crippen LogP contribution in [0.15, 0.2) is 24.3 Å². The minimum absolute atomic E-state index is 0.136. The number of ether oxygens (including phenoxy) is 1. The van der Waals surface area contributed by atoms with Gasteiger partial charge >= 0.3 is 0 Å². The topological polar surface area (TPSA) is 79.0 Å². The van der Waals surface area contributed by atoms with E-state index in [0.29, 0.717) is 30.4 Å². The molecule has 2 aliphatic heterocycles. The maximum absolute atomic E-state index is 12.8. The summed E-state index contributed by atoms with van der Waals surface area (Å²) in [7, 11) is -3.43. The Morgan fingerprint density at radius 2 is 1.96 bits per heavy atom. The van der Waals surface area contributed by atoms with Crippen LogP contribution in [-0.2, 0) is 14.8 Å². The number of benzene rings is 1. The number of hydrogen-bond acceptors (Lipinski definition) is 5. The molecule has 1 aromatic rings. The predicted octanol–water partition coefficient (Wildman–Crippen LogP) is 0.995. The predicted molar refractivity (Wildman–Crippen MR) is 96.2 cm³/mol. The molecular weight excluding hydrogens is 342 g/mol. The van der Waals surface area contributed by atoms with E-state index >= 15 is 0 Å². The summed E-state index contributed by atoms with van der Waals surface area (Å²) in [5, 5.41) is 0. The lowest BCUT2D eigenvalue weighted by Gasteiger charge is -2.36. The molecule has 1 N–H and O–H groups in total. The van der Waals surface area contributed by atoms with E-state index < -0.39 is 10.0 Å². The summed E-state index contributed by atoms with van der Waals surface area (Å²) in [6.45, 7) is 4.68. The van der Waals surface area contributed by atoms with E-state index in [1.807, 2.05) is 0 Å². The SMILES string of the molecule is CS(=O)(=O)Nc1ccccc1C(=O)N1CCN(CC2CCCO2)CC1. The first-order chi connectivity index (χ1) is 11.9. The van der Waals surface area contributed by atoms with E-state index in [2.05, 4.69) is 9.62 Å². The first kappa shape index (κ1) is 18.2. The Morgan fingerprint density at radius 1 is 1.24 bits per heavy atom. The molecule has 7 nitrogen and oxygen atoms in total. The largest absolute Gasteiger partial charge is 0.377 e. The molecule has 8 heteroatoms. The van der Waals surface area contributed by atoms with Crippen molar-refractivity contribution in [2.24, 2.45) is 0 Å². The van der Waals surface area contributed by atoms with Gasteiger partial charge < -0.3 is 9.64 Å². The molecule has 2 saturated heterocycles. The van der Waals surface area contributed by atoms with Gasteiger partial charge in [0.1, 0.15) is 0 Å². The molecule has 1 atom stereocenters. The Labute approximate surface area is 149 Å². The molecule has 138 valence electrons. The molecule has 0 saturated carbocycles. The van der Waals surface area contributed by atoms with Gasteiger partial charge in [0.2, 0.25) is 10.0 Å². The molecule has 25 heavy (non-hydrogen) atoms. The third-order valence-corrected chi connectivity index (χ3v) is 5.19. The molecule has 1 unspecified atom stereocenters. The molecule has 0 spiro atoms. The standard InChI is InChI=1S/C17H25N3O4S/c1-25(22,23)18-16-7-3-2-6-15(16)17(21)20-10-8-19(9-11-20)13-14-5-4-12-24-14/h2-3,6-7,14,18H,4-5,8-13H2,1H3. The van der Waals surface area contributed by atoms with E-state index in [9.17, 15) is 13.2 Å². The number of nitrogens with zero attached hydrogens (tertiary/aromatic N) is 2. The summed E-state index contributed by atoms with van der Waals surface area (Å²) in [4.78, 5) is 16.9. The van der Waals surface area contributed by atoms with Gasteiger partial charge in [0.25, 0.3) is 5.91 Å². The molecule has 1 amide bonds. The van der Waals surface area contributed by atoms with Crippen LogP contribution in [0.25, 0.3) is 0 Å². The van der Waals surface area contributed by atoms with E-state index in [-0.39, 0.29) is 5.91 Å². The highest BCUT2D eigenvalue weighted by molar-refractivity contribution is 7.92. The number of sulfonamides is 1. The average molecular weight is 367 g/mol. The maximum Gasteiger partial charge on any atom is 0.256 e. The van der Waals surface area contributed by atoms with Crippen molar-refractivity contribution in [3.63, 3.8) is 0 Å². The minimum atomic E-state index is -3.43. The van der Waals surface area contributed by atoms with Crippen molar-refractivity contribution in [2.75, 3.05) is 50.3 Å². The monoisotopic (exact) mass is 367 g/mol. The van der Waals surface area contributed by atoms with Crippen LogP contribution in [0, 0.1) is 0 Å². The molecule has 0 aliphatic carbocycles. The smallest absolute Gasteiger partial charge is 0.256 e. The summed E-state index contributed by atoms with van der Waals surface area (Å²) < 4.78 is 31.1. The van der Waals surface area contributed by atoms with Crippen molar-refractivity contribution < 1.29 is 17.9 Å². The summed E-state index contributed by atoms with van der Waals surface area (Å²) in [5.74, 6) is -0.136. The zero-order chi connectivity index (χ0) is 17.9. The van der Waals surface area contributed by atoms with Crippen molar-refractivity contribution in [3.8, 4) is 0 Å². The van der Waals surface area contributed by atoms with Gasteiger partial charge in [0.05, 0.1) is 23.6 Å². The van der Waals surface area contributed by atoms with Crippen LogP contribution in [-0.4, -0.2) is 75.8 Å². The zero-order valence-electron chi connectivity index (χ0n) is 14.5. The molecule has 0 aromatic heterocycles. The number of piperazine rings is 1. The maximum atomic E-state index is 12.8. The van der Waals surface area contributed by atoms with Gasteiger partial charge in [-0.2, -0.15) is 0 Å². The Balaban J connectivity index is 1.61. The summed E-state index contributed by atoms with van der Waals surface area (Å²) in [6, 6.07) is 6.73. The van der Waals surface area contributed by atoms with Crippen molar-refractivity contribution in [2.45, 2.75) is 18.9 Å². The number of amides is 1. The number of rotatable bonds is 5. The Hall–Kier alpha value is -1.64. The van der Waals surface area contributed by atoms with E-state index in [1.165, 1.54) is 0 Å². The molecule has 0 radical (unpaired) electrons. The van der Waals surface area contributed by atoms with Crippen LogP contribution in [0.1, 0.15) is 23.2 Å². The number of hydrogen-bond donors (Lipinski definition) is 1. The van der Waals surface area contributed by atoms with Gasteiger partial charge in [-0.05, 0) is 25.0 Å². The van der Waals surface area contributed by atoms with Crippen molar-refractivity contribution in [1.82, 2.24) is 9.80 Å². The first-order valence-electron chi connectivity index (χ1n) is 8.62. The molecule has 0 bridgehead atoms.